The van der Waals surface area contributed by atoms with Crippen molar-refractivity contribution in [3.05, 3.63) is 47.7 Å². The van der Waals surface area contributed by atoms with Crippen LogP contribution in [0.1, 0.15) is 31.4 Å². The van der Waals surface area contributed by atoms with Crippen molar-refractivity contribution in [2.75, 3.05) is 45.3 Å². The van der Waals surface area contributed by atoms with Crippen molar-refractivity contribution >= 4 is 22.7 Å². The second-order valence-corrected chi connectivity index (χ2v) is 8.28. The van der Waals surface area contributed by atoms with Crippen LogP contribution in [0.3, 0.4) is 0 Å². The number of ether oxygens (including phenoxy) is 3. The van der Waals surface area contributed by atoms with Gasteiger partial charge in [-0.25, -0.2) is 4.79 Å². The van der Waals surface area contributed by atoms with Gasteiger partial charge in [0.25, 0.3) is 0 Å². The smallest absolute Gasteiger partial charge is 0.411 e. The lowest BCUT2D eigenvalue weighted by Gasteiger charge is -2.25. The summed E-state index contributed by atoms with van der Waals surface area (Å²) < 4.78 is 17.1. The van der Waals surface area contributed by atoms with Gasteiger partial charge in [-0.2, -0.15) is 0 Å². The first kappa shape index (κ1) is 26.1. The molecular weight excluding hydrogens is 446 g/mol. The second-order valence-electron chi connectivity index (χ2n) is 8.28. The minimum absolute atomic E-state index is 0.433. The highest BCUT2D eigenvalue weighted by Gasteiger charge is 2.20. The number of rotatable bonds is 11. The molecule has 0 atom stereocenters. The van der Waals surface area contributed by atoms with E-state index in [2.05, 4.69) is 23.7 Å². The second kappa shape index (κ2) is 11.8. The SMILES string of the molecule is CCN(CC)CCCN(C(=O)O)c1ccc(Oc2ccnc3cc(OC)c(OC)cc23)c(C)c1C. The number of anilines is 1. The Bertz CT molecular complexity index is 1180. The molecular formula is C27H35N3O5. The van der Waals surface area contributed by atoms with Gasteiger partial charge in [-0.05, 0) is 75.3 Å². The lowest BCUT2D eigenvalue weighted by Crippen LogP contribution is -2.34. The predicted molar refractivity (Wildman–Crippen MR) is 139 cm³/mol. The molecule has 8 heteroatoms. The van der Waals surface area contributed by atoms with Gasteiger partial charge in [-0.3, -0.25) is 9.88 Å². The van der Waals surface area contributed by atoms with E-state index >= 15 is 0 Å². The number of pyridine rings is 1. The molecule has 3 rings (SSSR count). The van der Waals surface area contributed by atoms with Crippen molar-refractivity contribution in [1.29, 1.82) is 0 Å². The monoisotopic (exact) mass is 481 g/mol. The average Bonchev–Trinajstić information content (AvgIpc) is 2.86. The van der Waals surface area contributed by atoms with E-state index in [1.165, 1.54) is 4.90 Å². The van der Waals surface area contributed by atoms with Crippen LogP contribution in [0.5, 0.6) is 23.0 Å². The van der Waals surface area contributed by atoms with Crippen LogP contribution in [0.15, 0.2) is 36.5 Å². The summed E-state index contributed by atoms with van der Waals surface area (Å²) in [5.41, 5.74) is 3.14. The molecule has 0 aliphatic heterocycles. The van der Waals surface area contributed by atoms with Crippen LogP contribution >= 0.6 is 0 Å². The molecule has 1 N–H and O–H groups in total. The van der Waals surface area contributed by atoms with E-state index < -0.39 is 6.09 Å². The molecule has 3 aromatic rings. The summed E-state index contributed by atoms with van der Waals surface area (Å²) in [5, 5.41) is 10.7. The summed E-state index contributed by atoms with van der Waals surface area (Å²) in [5.74, 6) is 2.46. The third-order valence-corrected chi connectivity index (χ3v) is 6.41. The molecule has 2 aromatic carbocycles. The molecule has 0 unspecified atom stereocenters. The fourth-order valence-electron chi connectivity index (χ4n) is 4.15. The Morgan fingerprint density at radius 3 is 2.23 bits per heavy atom. The first-order valence-electron chi connectivity index (χ1n) is 11.9. The largest absolute Gasteiger partial charge is 0.493 e. The van der Waals surface area contributed by atoms with Crippen LogP contribution in [0.4, 0.5) is 10.5 Å². The zero-order valence-corrected chi connectivity index (χ0v) is 21.4. The van der Waals surface area contributed by atoms with Gasteiger partial charge in [0.15, 0.2) is 11.5 Å². The van der Waals surface area contributed by atoms with Crippen molar-refractivity contribution in [2.45, 2.75) is 34.1 Å². The summed E-state index contributed by atoms with van der Waals surface area (Å²) in [6.45, 7) is 11.3. The van der Waals surface area contributed by atoms with Gasteiger partial charge < -0.3 is 24.2 Å². The van der Waals surface area contributed by atoms with E-state index in [0.29, 0.717) is 35.2 Å². The van der Waals surface area contributed by atoms with E-state index in [1.807, 2.05) is 38.1 Å². The molecule has 35 heavy (non-hydrogen) atoms. The molecule has 8 nitrogen and oxygen atoms in total. The van der Waals surface area contributed by atoms with Gasteiger partial charge in [-0.1, -0.05) is 13.8 Å². The number of carboxylic acid groups (broad SMARTS) is 1. The van der Waals surface area contributed by atoms with Gasteiger partial charge in [0, 0.05) is 24.2 Å². The molecule has 188 valence electrons. The normalized spacial score (nSPS) is 11.1. The summed E-state index contributed by atoms with van der Waals surface area (Å²) in [6.07, 6.45) is 1.49. The van der Waals surface area contributed by atoms with E-state index in [1.54, 1.807) is 26.5 Å². The fourth-order valence-corrected chi connectivity index (χ4v) is 4.15. The maximum atomic E-state index is 12.1. The van der Waals surface area contributed by atoms with E-state index in [9.17, 15) is 9.90 Å². The van der Waals surface area contributed by atoms with E-state index in [0.717, 1.165) is 48.1 Å². The number of amides is 1. The van der Waals surface area contributed by atoms with Crippen LogP contribution in [-0.2, 0) is 0 Å². The number of benzene rings is 2. The molecule has 0 bridgehead atoms. The molecule has 1 amide bonds. The van der Waals surface area contributed by atoms with E-state index in [4.69, 9.17) is 14.2 Å². The number of methoxy groups -OCH3 is 2. The van der Waals surface area contributed by atoms with Crippen molar-refractivity contribution in [1.82, 2.24) is 9.88 Å². The van der Waals surface area contributed by atoms with Crippen LogP contribution in [0.25, 0.3) is 10.9 Å². The minimum atomic E-state index is -0.957. The molecule has 0 aliphatic carbocycles. The summed E-state index contributed by atoms with van der Waals surface area (Å²) in [4.78, 5) is 20.2. The molecule has 0 radical (unpaired) electrons. The van der Waals surface area contributed by atoms with Crippen LogP contribution in [-0.4, -0.2) is 61.5 Å². The Labute approximate surface area is 207 Å². The molecule has 0 saturated heterocycles. The van der Waals surface area contributed by atoms with Crippen LogP contribution < -0.4 is 19.1 Å². The number of hydrogen-bond acceptors (Lipinski definition) is 6. The topological polar surface area (TPSA) is 84.4 Å². The zero-order chi connectivity index (χ0) is 25.5. The highest BCUT2D eigenvalue weighted by molar-refractivity contribution is 5.89. The quantitative estimate of drug-likeness (QED) is 0.366. The van der Waals surface area contributed by atoms with Crippen molar-refractivity contribution in [3.8, 4) is 23.0 Å². The van der Waals surface area contributed by atoms with Gasteiger partial charge in [0.2, 0.25) is 0 Å². The third-order valence-electron chi connectivity index (χ3n) is 6.41. The highest BCUT2D eigenvalue weighted by Crippen LogP contribution is 2.39. The standard InChI is InChI=1S/C27H35N3O5/c1-7-29(8-2)14-9-15-30(27(31)32)22-10-11-23(19(4)18(22)3)35-24-12-13-28-21-17-26(34-6)25(33-5)16-20(21)24/h10-13,16-17H,7-9,14-15H2,1-6H3,(H,31,32). The molecule has 1 heterocycles. The number of aromatic nitrogens is 1. The van der Waals surface area contributed by atoms with E-state index in [-0.39, 0.29) is 0 Å². The Balaban J connectivity index is 1.90. The summed E-state index contributed by atoms with van der Waals surface area (Å²) in [7, 11) is 3.17. The molecule has 0 fully saturated rings. The Morgan fingerprint density at radius 2 is 1.60 bits per heavy atom. The maximum absolute atomic E-state index is 12.1. The number of carbonyl (C=O) groups is 1. The molecule has 0 spiro atoms. The summed E-state index contributed by atoms with van der Waals surface area (Å²) in [6, 6.07) is 9.09. The van der Waals surface area contributed by atoms with Crippen LogP contribution in [0, 0.1) is 13.8 Å². The first-order chi connectivity index (χ1) is 16.8. The Hall–Kier alpha value is -3.52. The lowest BCUT2D eigenvalue weighted by atomic mass is 10.1. The number of nitrogens with zero attached hydrogens (tertiary/aromatic N) is 3. The molecule has 0 aliphatic rings. The lowest BCUT2D eigenvalue weighted by molar-refractivity contribution is 0.201. The average molecular weight is 482 g/mol. The number of hydrogen-bond donors (Lipinski definition) is 1. The third kappa shape index (κ3) is 5.77. The van der Waals surface area contributed by atoms with Crippen LogP contribution in [0.2, 0.25) is 0 Å². The Kier molecular flexibility index (Phi) is 8.76. The zero-order valence-electron chi connectivity index (χ0n) is 21.4. The summed E-state index contributed by atoms with van der Waals surface area (Å²) >= 11 is 0. The Morgan fingerprint density at radius 1 is 0.914 bits per heavy atom. The molecule has 1 aromatic heterocycles. The number of fused-ring (bicyclic) bond motifs is 1. The fraction of sp³-hybridized carbons (Fsp3) is 0.407. The maximum Gasteiger partial charge on any atom is 0.411 e. The van der Waals surface area contributed by atoms with Crippen molar-refractivity contribution in [2.24, 2.45) is 0 Å². The van der Waals surface area contributed by atoms with Gasteiger partial charge in [-0.15, -0.1) is 0 Å². The van der Waals surface area contributed by atoms with Crippen molar-refractivity contribution in [3.63, 3.8) is 0 Å². The highest BCUT2D eigenvalue weighted by atomic mass is 16.5. The first-order valence-corrected chi connectivity index (χ1v) is 11.9. The van der Waals surface area contributed by atoms with Gasteiger partial charge in [0.1, 0.15) is 11.5 Å². The van der Waals surface area contributed by atoms with Gasteiger partial charge >= 0.3 is 6.09 Å². The minimum Gasteiger partial charge on any atom is -0.493 e. The molecule has 0 saturated carbocycles. The predicted octanol–water partition coefficient (Wildman–Crippen LogP) is 5.88. The van der Waals surface area contributed by atoms with Crippen molar-refractivity contribution < 1.29 is 24.1 Å². The van der Waals surface area contributed by atoms with Gasteiger partial charge in [0.05, 0.1) is 25.4 Å².